The molecule has 0 N–H and O–H groups in total. The van der Waals surface area contributed by atoms with Crippen molar-refractivity contribution in [1.82, 2.24) is 0 Å². The number of rotatable bonds is 2. The number of hydrogen-bond donors (Lipinski definition) is 0. The Morgan fingerprint density at radius 3 is 2.37 bits per heavy atom. The third kappa shape index (κ3) is 3.55. The summed E-state index contributed by atoms with van der Waals surface area (Å²) >= 11 is 0. The molecule has 0 atom stereocenters. The topological polar surface area (TPSA) is 3.88 Å². The fraction of sp³-hybridized carbons (Fsp3) is 0.464. The summed E-state index contributed by atoms with van der Waals surface area (Å²) in [5.74, 6) is 0.393. The van der Waals surface area contributed by atoms with Crippen molar-refractivity contribution in [3.63, 3.8) is 0 Å². The molecule has 158 valence electrons. The van der Waals surface area contributed by atoms with Gasteiger partial charge in [-0.1, -0.05) is 32.0 Å². The molecule has 1 aromatic heterocycles. The van der Waals surface area contributed by atoms with Crippen LogP contribution in [0.25, 0.3) is 22.0 Å². The molecular formula is C28H35FN+. The van der Waals surface area contributed by atoms with Crippen molar-refractivity contribution in [1.29, 1.82) is 0 Å². The second-order valence-corrected chi connectivity index (χ2v) is 10.2. The maximum absolute atomic E-state index is 15.5. The van der Waals surface area contributed by atoms with E-state index in [1.165, 1.54) is 31.2 Å². The zero-order chi connectivity index (χ0) is 22.7. The van der Waals surface area contributed by atoms with E-state index < -0.39 is 0 Å². The van der Waals surface area contributed by atoms with E-state index in [1.54, 1.807) is 0 Å². The van der Waals surface area contributed by atoms with Crippen molar-refractivity contribution in [3.05, 3.63) is 64.1 Å². The molecule has 1 heterocycles. The molecule has 0 radical (unpaired) electrons. The molecule has 0 aliphatic heterocycles. The molecule has 1 saturated carbocycles. The van der Waals surface area contributed by atoms with Crippen LogP contribution in [0.4, 0.5) is 4.39 Å². The fourth-order valence-corrected chi connectivity index (χ4v) is 5.12. The van der Waals surface area contributed by atoms with E-state index in [0.717, 1.165) is 33.3 Å². The lowest BCUT2D eigenvalue weighted by molar-refractivity contribution is -0.665. The van der Waals surface area contributed by atoms with E-state index in [9.17, 15) is 0 Å². The largest absolute Gasteiger partial charge is 0.223 e. The van der Waals surface area contributed by atoms with Crippen molar-refractivity contribution in [2.75, 3.05) is 0 Å². The van der Waals surface area contributed by atoms with Gasteiger partial charge in [0.25, 0.3) is 0 Å². The lowest BCUT2D eigenvalue weighted by Gasteiger charge is -2.34. The molecule has 0 bridgehead atoms. The minimum absolute atomic E-state index is 0.157. The molecule has 0 amide bonds. The number of nitrogens with zero attached hydrogens (tertiary/aromatic N) is 1. The van der Waals surface area contributed by atoms with E-state index in [-0.39, 0.29) is 5.82 Å². The first kappa shape index (κ1) is 19.7. The Morgan fingerprint density at radius 1 is 1.03 bits per heavy atom. The van der Waals surface area contributed by atoms with Crippen LogP contribution in [0.3, 0.4) is 0 Å². The first-order valence-corrected chi connectivity index (χ1v) is 11.2. The highest BCUT2D eigenvalue weighted by atomic mass is 19.1. The molecule has 1 fully saturated rings. The number of hydrogen-bond acceptors (Lipinski definition) is 0. The predicted molar refractivity (Wildman–Crippen MR) is 124 cm³/mol. The number of fused-ring (bicyclic) bond motifs is 1. The minimum atomic E-state index is -0.157. The Morgan fingerprint density at radius 2 is 1.70 bits per heavy atom. The van der Waals surface area contributed by atoms with Gasteiger partial charge in [-0.25, -0.2) is 4.39 Å². The maximum atomic E-state index is 15.5. The van der Waals surface area contributed by atoms with E-state index in [1.807, 2.05) is 45.4 Å². The van der Waals surface area contributed by atoms with Crippen molar-refractivity contribution < 1.29 is 10.3 Å². The summed E-state index contributed by atoms with van der Waals surface area (Å²) in [5, 5.41) is 1.90. The van der Waals surface area contributed by atoms with E-state index in [0.29, 0.717) is 28.5 Å². The first-order chi connectivity index (χ1) is 14.5. The van der Waals surface area contributed by atoms with Gasteiger partial charge < -0.3 is 0 Å². The second-order valence-electron chi connectivity index (χ2n) is 10.2. The Balaban J connectivity index is 1.95. The van der Waals surface area contributed by atoms with Crippen LogP contribution in [-0.4, -0.2) is 0 Å². The molecule has 0 unspecified atom stereocenters. The summed E-state index contributed by atoms with van der Waals surface area (Å²) < 4.78 is 26.3. The van der Waals surface area contributed by atoms with Crippen LogP contribution in [0.5, 0.6) is 0 Å². The highest BCUT2D eigenvalue weighted by Gasteiger charge is 2.29. The van der Waals surface area contributed by atoms with Crippen LogP contribution in [0.2, 0.25) is 0 Å². The molecule has 0 spiro atoms. The van der Waals surface area contributed by atoms with Gasteiger partial charge in [-0.3, -0.25) is 0 Å². The van der Waals surface area contributed by atoms with Gasteiger partial charge in [0.15, 0.2) is 5.69 Å². The smallest absolute Gasteiger partial charge is 0.206 e. The summed E-state index contributed by atoms with van der Waals surface area (Å²) in [6.45, 7) is 12.6. The molecule has 30 heavy (non-hydrogen) atoms. The fourth-order valence-electron chi connectivity index (χ4n) is 5.12. The molecule has 4 rings (SSSR count). The highest BCUT2D eigenvalue weighted by Crippen LogP contribution is 2.43. The highest BCUT2D eigenvalue weighted by molar-refractivity contribution is 5.94. The van der Waals surface area contributed by atoms with Gasteiger partial charge in [-0.2, -0.15) is 4.57 Å². The summed E-state index contributed by atoms with van der Waals surface area (Å²) in [6, 6.07) is 9.03. The Bertz CT molecular complexity index is 1160. The average molecular weight is 406 g/mol. The molecule has 1 aliphatic carbocycles. The first-order valence-electron chi connectivity index (χ1n) is 11.7. The van der Waals surface area contributed by atoms with E-state index >= 15 is 4.39 Å². The molecule has 1 nitrogen and oxygen atoms in total. The monoisotopic (exact) mass is 405 g/mol. The van der Waals surface area contributed by atoms with E-state index in [4.69, 9.17) is 1.37 Å². The SMILES string of the molecule is [2H]c1c(C)[n+](C)c(-c2c(C)c(C)cc(C)c2F)c2ccc(C3CCC(C)(C)CC3)cc12. The minimum Gasteiger partial charge on any atom is -0.206 e. The van der Waals surface area contributed by atoms with Crippen LogP contribution < -0.4 is 4.57 Å². The Kier molecular flexibility index (Phi) is 4.92. The van der Waals surface area contributed by atoms with Gasteiger partial charge in [0.05, 0.1) is 12.3 Å². The predicted octanol–water partition coefficient (Wildman–Crippen LogP) is 7.39. The quantitative estimate of drug-likeness (QED) is 0.391. The molecule has 0 saturated heterocycles. The van der Waals surface area contributed by atoms with Gasteiger partial charge in [0.1, 0.15) is 12.9 Å². The number of aromatic nitrogens is 1. The van der Waals surface area contributed by atoms with Crippen molar-refractivity contribution in [3.8, 4) is 11.3 Å². The number of benzene rings is 2. The van der Waals surface area contributed by atoms with E-state index in [2.05, 4.69) is 32.0 Å². The van der Waals surface area contributed by atoms with Gasteiger partial charge in [-0.15, -0.1) is 0 Å². The van der Waals surface area contributed by atoms with Gasteiger partial charge >= 0.3 is 0 Å². The molecular weight excluding hydrogens is 369 g/mol. The van der Waals surface area contributed by atoms with Crippen LogP contribution in [0, 0.1) is 38.9 Å². The van der Waals surface area contributed by atoms with Crippen LogP contribution in [-0.2, 0) is 7.05 Å². The molecule has 1 aliphatic rings. The average Bonchev–Trinajstić information content (AvgIpc) is 2.73. The normalized spacial score (nSPS) is 17.4. The maximum Gasteiger partial charge on any atom is 0.223 e. The molecule has 3 aromatic rings. The van der Waals surface area contributed by atoms with Gasteiger partial charge in [0, 0.05) is 13.0 Å². The summed E-state index contributed by atoms with van der Waals surface area (Å²) in [4.78, 5) is 0. The van der Waals surface area contributed by atoms with Crippen LogP contribution >= 0.6 is 0 Å². The van der Waals surface area contributed by atoms with Gasteiger partial charge in [-0.05, 0) is 91.5 Å². The lowest BCUT2D eigenvalue weighted by Crippen LogP contribution is -2.35. The van der Waals surface area contributed by atoms with Crippen LogP contribution in [0.1, 0.15) is 74.8 Å². The molecule has 2 heteroatoms. The summed E-state index contributed by atoms with van der Waals surface area (Å²) in [7, 11) is 1.95. The standard InChI is InChI=1S/C28H35FN/c1-17-14-18(2)26(29)25(20(17)4)27-24-9-8-22(16-23(24)15-19(3)30(27)7)21-10-12-28(5,6)13-11-21/h8-9,14-16,21H,10-13H2,1-7H3/q+1/i15D. The third-order valence-corrected chi connectivity index (χ3v) is 7.47. The van der Waals surface area contributed by atoms with Crippen molar-refractivity contribution in [2.24, 2.45) is 12.5 Å². The number of pyridine rings is 1. The number of halogens is 1. The zero-order valence-corrected chi connectivity index (χ0v) is 19.5. The molecule has 2 aromatic carbocycles. The second kappa shape index (κ2) is 7.48. The Labute approximate surface area is 182 Å². The zero-order valence-electron chi connectivity index (χ0n) is 20.5. The Hall–Kier alpha value is -2.22. The summed E-state index contributed by atoms with van der Waals surface area (Å²) in [6.07, 6.45) is 4.88. The third-order valence-electron chi connectivity index (χ3n) is 7.47. The summed E-state index contributed by atoms with van der Waals surface area (Å²) in [5.41, 5.74) is 6.90. The number of aryl methyl sites for hydroxylation is 2. The van der Waals surface area contributed by atoms with Crippen molar-refractivity contribution in [2.45, 2.75) is 73.1 Å². The lowest BCUT2D eigenvalue weighted by atomic mass is 9.71. The van der Waals surface area contributed by atoms with Crippen molar-refractivity contribution >= 4 is 10.8 Å². The van der Waals surface area contributed by atoms with Gasteiger partial charge in [0.2, 0.25) is 5.69 Å². The van der Waals surface area contributed by atoms with Crippen LogP contribution in [0.15, 0.2) is 30.3 Å².